The third kappa shape index (κ3) is 12.4. The fourth-order valence-electron chi connectivity index (χ4n) is 6.75. The Hall–Kier alpha value is -3.33. The number of allylic oxidation sites excluding steroid dienone is 4. The van der Waals surface area contributed by atoms with Crippen LogP contribution in [0, 0.1) is 0 Å². The number of unbranched alkanes of at least 4 members (excludes halogenated alkanes) is 6. The van der Waals surface area contributed by atoms with Crippen molar-refractivity contribution < 1.29 is 24.1 Å². The van der Waals surface area contributed by atoms with Crippen LogP contribution < -0.4 is 14.9 Å². The van der Waals surface area contributed by atoms with Crippen molar-refractivity contribution in [2.45, 2.75) is 126 Å². The number of phenols is 1. The van der Waals surface area contributed by atoms with Crippen molar-refractivity contribution in [3.63, 3.8) is 0 Å². The molecule has 2 aromatic carbocycles. The molecule has 2 N–H and O–H groups in total. The number of hydrogen-bond donors (Lipinski definition) is 2. The van der Waals surface area contributed by atoms with E-state index in [-0.39, 0.29) is 28.8 Å². The number of rotatable bonds is 25. The molecule has 0 spiro atoms. The Kier molecular flexibility index (Phi) is 18.8. The van der Waals surface area contributed by atoms with E-state index in [2.05, 4.69) is 37.5 Å². The van der Waals surface area contributed by atoms with Crippen LogP contribution in [-0.4, -0.2) is 72.5 Å². The van der Waals surface area contributed by atoms with E-state index in [1.807, 2.05) is 39.8 Å². The van der Waals surface area contributed by atoms with Gasteiger partial charge in [0.25, 0.3) is 0 Å². The topological polar surface area (TPSA) is 95.6 Å². The summed E-state index contributed by atoms with van der Waals surface area (Å²) in [6, 6.07) is 3.50. The minimum atomic E-state index is -0.321. The third-order valence-electron chi connectivity index (χ3n) is 10.1. The lowest BCUT2D eigenvalue weighted by Crippen LogP contribution is -2.23. The maximum atomic E-state index is 14.4. The van der Waals surface area contributed by atoms with E-state index in [9.17, 15) is 15.0 Å². The minimum absolute atomic E-state index is 0.111. The number of hydrogen-bond acceptors (Lipinski definition) is 8. The maximum Gasteiger partial charge on any atom is 0.204 e. The summed E-state index contributed by atoms with van der Waals surface area (Å²) in [6.45, 7) is 24.1. The number of ether oxygens (including phenoxy) is 2. The highest BCUT2D eigenvalue weighted by atomic mass is 16.5. The summed E-state index contributed by atoms with van der Waals surface area (Å²) in [4.78, 5) is 19.3. The second kappa shape index (κ2) is 22.7. The lowest BCUT2D eigenvalue weighted by molar-refractivity contribution is 0.257. The molecule has 0 bridgehead atoms. The van der Waals surface area contributed by atoms with Crippen molar-refractivity contribution in [1.82, 2.24) is 9.80 Å². The molecule has 0 amide bonds. The van der Waals surface area contributed by atoms with Gasteiger partial charge in [0.2, 0.25) is 5.43 Å². The highest BCUT2D eigenvalue weighted by molar-refractivity contribution is 5.97. The fraction of sp³-hybridized carbons (Fsp3) is 0.614. The molecule has 0 saturated carbocycles. The van der Waals surface area contributed by atoms with E-state index in [1.54, 1.807) is 12.1 Å². The van der Waals surface area contributed by atoms with Crippen LogP contribution in [-0.2, 0) is 19.4 Å². The standard InChI is InChI=1S/C44H68N2O6/c1-9-45(10-2)25-17-13-15-19-27-50-37-29-40-42(43(48)35(37)24-22-33(7)8)44(49)41-34(23-21-32(5)6)36(31-47)38(30-39(41)52-40)51-28-20-16-14-18-26-46(11-3)12-4/h21-22,29-30,47-48H,9-20,23-28,31H2,1-8H3. The van der Waals surface area contributed by atoms with Crippen LogP contribution >= 0.6 is 0 Å². The molecular formula is C44H68N2O6. The van der Waals surface area contributed by atoms with E-state index in [0.29, 0.717) is 65.2 Å². The first-order chi connectivity index (χ1) is 25.1. The van der Waals surface area contributed by atoms with Gasteiger partial charge < -0.3 is 33.9 Å². The molecule has 0 unspecified atom stereocenters. The minimum Gasteiger partial charge on any atom is -0.507 e. The summed E-state index contributed by atoms with van der Waals surface area (Å²) in [5.74, 6) is 0.946. The first-order valence-electron chi connectivity index (χ1n) is 20.0. The van der Waals surface area contributed by atoms with Crippen LogP contribution in [0.3, 0.4) is 0 Å². The Bertz CT molecular complexity index is 1660. The van der Waals surface area contributed by atoms with Gasteiger partial charge in [0.05, 0.1) is 25.2 Å². The van der Waals surface area contributed by atoms with Gasteiger partial charge in [0, 0.05) is 23.3 Å². The van der Waals surface area contributed by atoms with Gasteiger partial charge in [-0.15, -0.1) is 0 Å². The van der Waals surface area contributed by atoms with Gasteiger partial charge in [-0.1, -0.05) is 76.7 Å². The van der Waals surface area contributed by atoms with Crippen LogP contribution in [0.25, 0.3) is 21.9 Å². The van der Waals surface area contributed by atoms with E-state index in [0.717, 1.165) is 95.4 Å². The highest BCUT2D eigenvalue weighted by Gasteiger charge is 2.24. The zero-order chi connectivity index (χ0) is 38.0. The monoisotopic (exact) mass is 721 g/mol. The van der Waals surface area contributed by atoms with Crippen molar-refractivity contribution in [3.8, 4) is 17.2 Å². The molecular weight excluding hydrogens is 652 g/mol. The Morgan fingerprint density at radius 1 is 0.654 bits per heavy atom. The maximum absolute atomic E-state index is 14.4. The zero-order valence-electron chi connectivity index (χ0n) is 33.7. The molecule has 290 valence electrons. The lowest BCUT2D eigenvalue weighted by atomic mass is 9.95. The normalized spacial score (nSPS) is 11.6. The van der Waals surface area contributed by atoms with Crippen LogP contribution in [0.15, 0.2) is 44.6 Å². The van der Waals surface area contributed by atoms with Gasteiger partial charge in [-0.3, -0.25) is 4.79 Å². The summed E-state index contributed by atoms with van der Waals surface area (Å²) >= 11 is 0. The van der Waals surface area contributed by atoms with E-state index in [4.69, 9.17) is 13.9 Å². The molecule has 0 aliphatic carbocycles. The molecule has 1 aromatic heterocycles. The van der Waals surface area contributed by atoms with Crippen molar-refractivity contribution in [1.29, 1.82) is 0 Å². The van der Waals surface area contributed by atoms with Crippen molar-refractivity contribution in [2.75, 3.05) is 52.5 Å². The van der Waals surface area contributed by atoms with E-state index in [1.165, 1.54) is 6.42 Å². The molecule has 8 nitrogen and oxygen atoms in total. The molecule has 0 atom stereocenters. The van der Waals surface area contributed by atoms with Crippen LogP contribution in [0.2, 0.25) is 0 Å². The summed E-state index contributed by atoms with van der Waals surface area (Å²) in [6.07, 6.45) is 13.4. The average Bonchev–Trinajstić information content (AvgIpc) is 3.12. The van der Waals surface area contributed by atoms with E-state index < -0.39 is 0 Å². The Balaban J connectivity index is 1.97. The molecule has 3 aromatic rings. The number of aromatic hydroxyl groups is 1. The predicted octanol–water partition coefficient (Wildman–Crippen LogP) is 9.72. The number of phenolic OH excluding ortho intramolecular Hbond substituents is 1. The number of aliphatic hydroxyl groups is 1. The molecule has 0 saturated heterocycles. The number of fused-ring (bicyclic) bond motifs is 2. The second-order valence-electron chi connectivity index (χ2n) is 14.4. The first kappa shape index (κ1) is 43.1. The molecule has 1 heterocycles. The summed E-state index contributed by atoms with van der Waals surface area (Å²) in [7, 11) is 0. The average molecular weight is 721 g/mol. The zero-order valence-corrected chi connectivity index (χ0v) is 33.7. The van der Waals surface area contributed by atoms with Crippen LogP contribution in [0.4, 0.5) is 0 Å². The van der Waals surface area contributed by atoms with Gasteiger partial charge in [-0.05, 0) is 111 Å². The number of aliphatic hydroxyl groups excluding tert-OH is 1. The van der Waals surface area contributed by atoms with Crippen molar-refractivity contribution in [3.05, 3.63) is 62.3 Å². The molecule has 0 aliphatic rings. The molecule has 0 radical (unpaired) electrons. The molecule has 3 rings (SSSR count). The predicted molar refractivity (Wildman–Crippen MR) is 217 cm³/mol. The number of nitrogens with zero attached hydrogens (tertiary/aromatic N) is 2. The van der Waals surface area contributed by atoms with Gasteiger partial charge >= 0.3 is 0 Å². The van der Waals surface area contributed by atoms with Crippen molar-refractivity contribution in [2.24, 2.45) is 0 Å². The summed E-state index contributed by atoms with van der Waals surface area (Å²) < 4.78 is 19.1. The van der Waals surface area contributed by atoms with E-state index >= 15 is 0 Å². The molecule has 0 aliphatic heterocycles. The van der Waals surface area contributed by atoms with Gasteiger partial charge in [0.1, 0.15) is 33.8 Å². The summed E-state index contributed by atoms with van der Waals surface area (Å²) in [5, 5.41) is 22.9. The Labute approximate surface area is 313 Å². The second-order valence-corrected chi connectivity index (χ2v) is 14.4. The van der Waals surface area contributed by atoms with Crippen molar-refractivity contribution >= 4 is 21.9 Å². The van der Waals surface area contributed by atoms with Gasteiger partial charge in [0.15, 0.2) is 0 Å². The smallest absolute Gasteiger partial charge is 0.204 e. The third-order valence-corrected chi connectivity index (χ3v) is 10.1. The Morgan fingerprint density at radius 2 is 1.10 bits per heavy atom. The number of benzene rings is 2. The summed E-state index contributed by atoms with van der Waals surface area (Å²) in [5.41, 5.74) is 4.34. The SMILES string of the molecule is CCN(CC)CCCCCCOc1cc2oc3cc(OCCCCCCN(CC)CC)c(CO)c(CC=C(C)C)c3c(=O)c2c(O)c1CC=C(C)C. The molecule has 8 heteroatoms. The lowest BCUT2D eigenvalue weighted by Gasteiger charge is -2.18. The van der Waals surface area contributed by atoms with Crippen LogP contribution in [0.1, 0.15) is 123 Å². The molecule has 0 fully saturated rings. The Morgan fingerprint density at radius 3 is 1.56 bits per heavy atom. The first-order valence-corrected chi connectivity index (χ1v) is 20.0. The van der Waals surface area contributed by atoms with Crippen LogP contribution in [0.5, 0.6) is 17.2 Å². The molecule has 52 heavy (non-hydrogen) atoms. The van der Waals surface area contributed by atoms with Gasteiger partial charge in [-0.25, -0.2) is 0 Å². The van der Waals surface area contributed by atoms with Gasteiger partial charge in [-0.2, -0.15) is 0 Å². The largest absolute Gasteiger partial charge is 0.507 e. The highest BCUT2D eigenvalue weighted by Crippen LogP contribution is 2.39. The quantitative estimate of drug-likeness (QED) is 0.0508. The fourth-order valence-corrected chi connectivity index (χ4v) is 6.75.